The predicted molar refractivity (Wildman–Crippen MR) is 157 cm³/mol. The number of halogens is 9. The van der Waals surface area contributed by atoms with Crippen LogP contribution in [0, 0.1) is 5.41 Å². The first kappa shape index (κ1) is 37.0. The minimum atomic E-state index is -4.46. The second-order valence-corrected chi connectivity index (χ2v) is 11.4. The molecular weight excluding hydrogens is 700 g/mol. The van der Waals surface area contributed by atoms with Gasteiger partial charge < -0.3 is 21.3 Å². The van der Waals surface area contributed by atoms with Crippen LogP contribution >= 0.6 is 23.2 Å². The van der Waals surface area contributed by atoms with Gasteiger partial charge in [-0.25, -0.2) is 36.9 Å². The van der Waals surface area contributed by atoms with Crippen molar-refractivity contribution in [2.24, 2.45) is 16.9 Å². The summed E-state index contributed by atoms with van der Waals surface area (Å²) in [5.74, 6) is -2.12. The summed E-state index contributed by atoms with van der Waals surface area (Å²) < 4.78 is 97.1. The Hall–Kier alpha value is -3.84. The van der Waals surface area contributed by atoms with Gasteiger partial charge in [0.25, 0.3) is 12.9 Å². The summed E-state index contributed by atoms with van der Waals surface area (Å²) in [4.78, 5) is 18.8. The van der Waals surface area contributed by atoms with Gasteiger partial charge in [-0.15, -0.1) is 0 Å². The van der Waals surface area contributed by atoms with Crippen molar-refractivity contribution in [1.29, 1.82) is 0 Å². The van der Waals surface area contributed by atoms with E-state index in [-0.39, 0.29) is 47.5 Å². The third kappa shape index (κ3) is 8.41. The Bertz CT molecular complexity index is 1720. The van der Waals surface area contributed by atoms with E-state index in [1.807, 2.05) is 0 Å². The van der Waals surface area contributed by atoms with Crippen molar-refractivity contribution in [1.82, 2.24) is 29.5 Å². The first-order valence-electron chi connectivity index (χ1n) is 13.9. The molecule has 5 N–H and O–H groups in total. The standard InChI is InChI=1S/C17H16ClF5N4O2.C11H11ClF2N4O/c18-10-2-1-9(5-12(10)27-15(14(19)20)25-8-26-27)11(24)7-29-13(28)6-16(3-4-16)17(21,22)23;12-7-2-1-6(8(15)4-19)3-9(7)18-11(10(13)14)16-5-17-18/h1-2,5,8,11,14H,3-4,6-7,24H2;1-3,5,8,10,19H,4,15H2/t11-;8-/m11/s1. The lowest BCUT2D eigenvalue weighted by molar-refractivity contribution is -0.195. The molecule has 1 aliphatic rings. The van der Waals surface area contributed by atoms with E-state index in [0.29, 0.717) is 11.1 Å². The monoisotopic (exact) mass is 726 g/mol. The molecule has 0 saturated heterocycles. The molecular formula is C28H27Cl2F7N8O3. The molecule has 0 radical (unpaired) electrons. The van der Waals surface area contributed by atoms with Crippen molar-refractivity contribution >= 4 is 29.2 Å². The molecule has 0 amide bonds. The highest BCUT2D eigenvalue weighted by molar-refractivity contribution is 6.32. The van der Waals surface area contributed by atoms with Crippen molar-refractivity contribution in [2.75, 3.05) is 13.2 Å². The Balaban J connectivity index is 0.000000237. The van der Waals surface area contributed by atoms with Crippen molar-refractivity contribution in [3.05, 3.63) is 81.9 Å². The Morgan fingerprint density at radius 2 is 1.33 bits per heavy atom. The van der Waals surface area contributed by atoms with E-state index in [1.165, 1.54) is 30.3 Å². The van der Waals surface area contributed by atoms with Crippen molar-refractivity contribution in [2.45, 2.75) is 50.4 Å². The normalized spacial score (nSPS) is 15.2. The van der Waals surface area contributed by atoms with Crippen molar-refractivity contribution in [3.8, 4) is 11.4 Å². The Morgan fingerprint density at radius 1 is 0.875 bits per heavy atom. The Morgan fingerprint density at radius 3 is 1.73 bits per heavy atom. The molecule has 11 nitrogen and oxygen atoms in total. The third-order valence-corrected chi connectivity index (χ3v) is 7.99. The number of aromatic nitrogens is 6. The first-order chi connectivity index (χ1) is 22.6. The van der Waals surface area contributed by atoms with Gasteiger partial charge in [-0.2, -0.15) is 23.4 Å². The second kappa shape index (κ2) is 15.1. The van der Waals surface area contributed by atoms with Gasteiger partial charge >= 0.3 is 12.1 Å². The highest BCUT2D eigenvalue weighted by Gasteiger charge is 2.64. The van der Waals surface area contributed by atoms with Crippen molar-refractivity contribution in [3.63, 3.8) is 0 Å². The SMILES string of the molecule is N[C@H](CO)c1ccc(Cl)c(-n2ncnc2C(F)F)c1.N[C@H](COC(=O)CC1(C(F)(F)F)CC1)c1ccc(Cl)c(-n2ncnc2C(F)F)c1. The molecule has 1 saturated carbocycles. The summed E-state index contributed by atoms with van der Waals surface area (Å²) >= 11 is 12.0. The molecule has 2 atom stereocenters. The molecule has 2 aromatic heterocycles. The van der Waals surface area contributed by atoms with Crippen LogP contribution in [0.1, 0.15) is 67.0 Å². The summed E-state index contributed by atoms with van der Waals surface area (Å²) in [6.45, 7) is -0.646. The zero-order valence-corrected chi connectivity index (χ0v) is 26.0. The fourth-order valence-electron chi connectivity index (χ4n) is 4.44. The average Bonchev–Trinajstić information content (AvgIpc) is 3.42. The number of benzene rings is 2. The highest BCUT2D eigenvalue weighted by Crippen LogP contribution is 2.60. The molecule has 4 aromatic rings. The van der Waals surface area contributed by atoms with E-state index in [0.717, 1.165) is 22.0 Å². The molecule has 20 heteroatoms. The molecule has 1 fully saturated rings. The molecule has 2 heterocycles. The number of aliphatic hydroxyl groups excluding tert-OH is 1. The van der Waals surface area contributed by atoms with E-state index in [4.69, 9.17) is 44.5 Å². The number of esters is 1. The number of nitrogens with zero attached hydrogens (tertiary/aromatic N) is 6. The highest BCUT2D eigenvalue weighted by atomic mass is 35.5. The van der Waals surface area contributed by atoms with E-state index < -0.39 is 60.6 Å². The van der Waals surface area contributed by atoms with Crippen LogP contribution in [0.15, 0.2) is 49.1 Å². The summed E-state index contributed by atoms with van der Waals surface area (Å²) in [7, 11) is 0. The molecule has 0 aliphatic heterocycles. The molecule has 260 valence electrons. The lowest BCUT2D eigenvalue weighted by atomic mass is 10.0. The van der Waals surface area contributed by atoms with Crippen LogP contribution < -0.4 is 11.5 Å². The van der Waals surface area contributed by atoms with Gasteiger partial charge in [0.05, 0.1) is 51.9 Å². The van der Waals surface area contributed by atoms with Crippen molar-refractivity contribution < 1.29 is 45.4 Å². The number of hydrogen-bond donors (Lipinski definition) is 3. The van der Waals surface area contributed by atoms with Crippen LogP contribution in [0.4, 0.5) is 30.7 Å². The maximum atomic E-state index is 13.0. The largest absolute Gasteiger partial charge is 0.464 e. The van der Waals surface area contributed by atoms with E-state index in [2.05, 4.69) is 20.2 Å². The number of alkyl halides is 7. The minimum absolute atomic E-state index is 0.0905. The van der Waals surface area contributed by atoms with Gasteiger partial charge in [0.1, 0.15) is 19.3 Å². The molecule has 1 aliphatic carbocycles. The van der Waals surface area contributed by atoms with Gasteiger partial charge in [-0.3, -0.25) is 4.79 Å². The number of rotatable bonds is 11. The fraction of sp³-hybridized carbons (Fsp3) is 0.393. The van der Waals surface area contributed by atoms with Crippen LogP contribution in [-0.4, -0.2) is 60.0 Å². The zero-order valence-electron chi connectivity index (χ0n) is 24.5. The maximum absolute atomic E-state index is 13.0. The molecule has 0 spiro atoms. The molecule has 48 heavy (non-hydrogen) atoms. The average molecular weight is 727 g/mol. The van der Waals surface area contributed by atoms with E-state index in [1.54, 1.807) is 6.07 Å². The maximum Gasteiger partial charge on any atom is 0.395 e. The second-order valence-electron chi connectivity index (χ2n) is 10.6. The van der Waals surface area contributed by atoms with Crippen LogP contribution in [0.5, 0.6) is 0 Å². The zero-order chi connectivity index (χ0) is 35.4. The van der Waals surface area contributed by atoms with Gasteiger partial charge in [-0.1, -0.05) is 35.3 Å². The smallest absolute Gasteiger partial charge is 0.395 e. The molecule has 0 unspecified atom stereocenters. The molecule has 0 bridgehead atoms. The van der Waals surface area contributed by atoms with Crippen LogP contribution in [0.2, 0.25) is 10.0 Å². The predicted octanol–water partition coefficient (Wildman–Crippen LogP) is 5.98. The molecule has 5 rings (SSSR count). The summed E-state index contributed by atoms with van der Waals surface area (Å²) in [6.07, 6.45) is -9.13. The van der Waals surface area contributed by atoms with Crippen LogP contribution in [0.25, 0.3) is 11.4 Å². The van der Waals surface area contributed by atoms with E-state index in [9.17, 15) is 35.5 Å². The Kier molecular flexibility index (Phi) is 11.7. The first-order valence-corrected chi connectivity index (χ1v) is 14.6. The number of hydrogen-bond acceptors (Lipinski definition) is 9. The summed E-state index contributed by atoms with van der Waals surface area (Å²) in [5.41, 5.74) is 10.9. The number of aliphatic hydroxyl groups is 1. The Labute approximate surface area is 277 Å². The van der Waals surface area contributed by atoms with Gasteiger partial charge in [0.2, 0.25) is 0 Å². The number of ether oxygens (including phenoxy) is 1. The van der Waals surface area contributed by atoms with Crippen LogP contribution in [0.3, 0.4) is 0 Å². The lowest BCUT2D eigenvalue weighted by Crippen LogP contribution is -2.29. The number of carbonyl (C=O) groups excluding carboxylic acids is 1. The fourth-order valence-corrected chi connectivity index (χ4v) is 4.83. The lowest BCUT2D eigenvalue weighted by Gasteiger charge is -2.19. The van der Waals surface area contributed by atoms with Gasteiger partial charge in [0, 0.05) is 0 Å². The third-order valence-electron chi connectivity index (χ3n) is 7.35. The van der Waals surface area contributed by atoms with Gasteiger partial charge in [0.15, 0.2) is 11.6 Å². The number of carbonyl (C=O) groups is 1. The number of nitrogens with two attached hydrogens (primary N) is 2. The molecule has 2 aromatic carbocycles. The topological polar surface area (TPSA) is 160 Å². The van der Waals surface area contributed by atoms with Crippen LogP contribution in [-0.2, 0) is 9.53 Å². The minimum Gasteiger partial charge on any atom is -0.464 e. The summed E-state index contributed by atoms with van der Waals surface area (Å²) in [5, 5.41) is 16.8. The van der Waals surface area contributed by atoms with E-state index >= 15 is 0 Å². The summed E-state index contributed by atoms with van der Waals surface area (Å²) in [6, 6.07) is 7.37. The van der Waals surface area contributed by atoms with Gasteiger partial charge in [-0.05, 0) is 48.2 Å². The quantitative estimate of drug-likeness (QED) is 0.125.